The molecule has 8 nitrogen and oxygen atoms in total. The van der Waals surface area contributed by atoms with Gasteiger partial charge in [-0.15, -0.1) is 10.2 Å². The van der Waals surface area contributed by atoms with Gasteiger partial charge in [-0.3, -0.25) is 14.9 Å². The van der Waals surface area contributed by atoms with Crippen molar-refractivity contribution in [2.75, 3.05) is 5.32 Å². The average molecular weight is 432 g/mol. The first-order valence-corrected chi connectivity index (χ1v) is 10.1. The van der Waals surface area contributed by atoms with E-state index in [0.29, 0.717) is 28.2 Å². The molecule has 1 heterocycles. The zero-order chi connectivity index (χ0) is 21.0. The molecule has 0 aliphatic heterocycles. The Labute approximate surface area is 176 Å². The molecule has 0 radical (unpaired) electrons. The molecule has 3 aromatic rings. The number of nitrogens with zero attached hydrogens (tertiary/aromatic N) is 4. The van der Waals surface area contributed by atoms with Crippen LogP contribution in [0.4, 0.5) is 11.4 Å². The summed E-state index contributed by atoms with van der Waals surface area (Å²) in [5.41, 5.74) is 1.17. The minimum atomic E-state index is -0.504. The third-order valence-corrected chi connectivity index (χ3v) is 5.44. The van der Waals surface area contributed by atoms with E-state index in [4.69, 9.17) is 11.6 Å². The van der Waals surface area contributed by atoms with Crippen LogP contribution in [0.5, 0.6) is 0 Å². The second kappa shape index (κ2) is 9.06. The Bertz CT molecular complexity index is 1040. The topological polar surface area (TPSA) is 103 Å². The molecule has 0 aliphatic carbocycles. The predicted octanol–water partition coefficient (Wildman–Crippen LogP) is 4.65. The van der Waals surface area contributed by atoms with Crippen LogP contribution in [0.25, 0.3) is 11.4 Å². The molecule has 0 bridgehead atoms. The van der Waals surface area contributed by atoms with Crippen LogP contribution in [0, 0.1) is 10.1 Å². The standard InChI is InChI=1S/C19H18ClN5O3S/c1-3-24-17(13-7-9-14(20)10-8-13)22-23-19(24)29-12(2)18(26)21-15-5-4-6-16(11-15)25(27)28/h4-12H,3H2,1-2H3,(H,21,26). The number of hydrogen-bond acceptors (Lipinski definition) is 6. The molecule has 29 heavy (non-hydrogen) atoms. The number of carbonyl (C=O) groups excluding carboxylic acids is 1. The van der Waals surface area contributed by atoms with Crippen LogP contribution in [0.15, 0.2) is 53.7 Å². The summed E-state index contributed by atoms with van der Waals surface area (Å²) in [7, 11) is 0. The minimum absolute atomic E-state index is 0.0820. The van der Waals surface area contributed by atoms with E-state index in [1.807, 2.05) is 23.6 Å². The fourth-order valence-corrected chi connectivity index (χ4v) is 3.67. The Hall–Kier alpha value is -2.91. The van der Waals surface area contributed by atoms with Crippen molar-refractivity contribution in [3.8, 4) is 11.4 Å². The second-order valence-corrected chi connectivity index (χ2v) is 7.86. The highest BCUT2D eigenvalue weighted by molar-refractivity contribution is 8.00. The van der Waals surface area contributed by atoms with Crippen molar-refractivity contribution in [1.82, 2.24) is 14.8 Å². The fraction of sp³-hybridized carbons (Fsp3) is 0.211. The summed E-state index contributed by atoms with van der Waals surface area (Å²) >= 11 is 7.22. The maximum absolute atomic E-state index is 12.5. The van der Waals surface area contributed by atoms with Crippen molar-refractivity contribution in [3.05, 3.63) is 63.7 Å². The zero-order valence-electron chi connectivity index (χ0n) is 15.7. The van der Waals surface area contributed by atoms with Crippen molar-refractivity contribution < 1.29 is 9.72 Å². The molecule has 0 fully saturated rings. The van der Waals surface area contributed by atoms with Crippen LogP contribution in [0.2, 0.25) is 5.02 Å². The lowest BCUT2D eigenvalue weighted by atomic mass is 10.2. The SMILES string of the molecule is CCn1c(SC(C)C(=O)Nc2cccc([N+](=O)[O-])c2)nnc1-c1ccc(Cl)cc1. The second-order valence-electron chi connectivity index (χ2n) is 6.11. The first-order chi connectivity index (χ1) is 13.9. The number of aromatic nitrogens is 3. The Morgan fingerprint density at radius 1 is 1.28 bits per heavy atom. The van der Waals surface area contributed by atoms with Gasteiger partial charge in [-0.2, -0.15) is 0 Å². The number of halogens is 1. The largest absolute Gasteiger partial charge is 0.325 e. The molecule has 1 N–H and O–H groups in total. The molecule has 0 spiro atoms. The highest BCUT2D eigenvalue weighted by Gasteiger charge is 2.21. The molecule has 2 aromatic carbocycles. The highest BCUT2D eigenvalue weighted by Crippen LogP contribution is 2.28. The van der Waals surface area contributed by atoms with Crippen LogP contribution in [-0.2, 0) is 11.3 Å². The van der Waals surface area contributed by atoms with Gasteiger partial charge in [0.15, 0.2) is 11.0 Å². The van der Waals surface area contributed by atoms with Crippen molar-refractivity contribution in [1.29, 1.82) is 0 Å². The molecule has 3 rings (SSSR count). The summed E-state index contributed by atoms with van der Waals surface area (Å²) in [5.74, 6) is 0.409. The number of nitrogens with one attached hydrogen (secondary N) is 1. The lowest BCUT2D eigenvalue weighted by Crippen LogP contribution is -2.23. The first kappa shape index (κ1) is 20.8. The van der Waals surface area contributed by atoms with E-state index in [1.54, 1.807) is 25.1 Å². The molecule has 150 valence electrons. The Kier molecular flexibility index (Phi) is 6.50. The van der Waals surface area contributed by atoms with Gasteiger partial charge in [-0.05, 0) is 44.2 Å². The Balaban J connectivity index is 1.74. The summed E-state index contributed by atoms with van der Waals surface area (Å²) in [5, 5.41) is 22.8. The van der Waals surface area contributed by atoms with Gasteiger partial charge in [-0.1, -0.05) is 29.4 Å². The molecule has 1 atom stereocenters. The summed E-state index contributed by atoms with van der Waals surface area (Å²) < 4.78 is 1.92. The van der Waals surface area contributed by atoms with Gasteiger partial charge < -0.3 is 9.88 Å². The van der Waals surface area contributed by atoms with Crippen LogP contribution < -0.4 is 5.32 Å². The molecule has 10 heteroatoms. The van der Waals surface area contributed by atoms with Crippen LogP contribution in [0.1, 0.15) is 13.8 Å². The van der Waals surface area contributed by atoms with E-state index in [-0.39, 0.29) is 11.6 Å². The quantitative estimate of drug-likeness (QED) is 0.332. The normalized spacial score (nSPS) is 11.8. The number of non-ortho nitro benzene ring substituents is 1. The van der Waals surface area contributed by atoms with Gasteiger partial charge in [0.25, 0.3) is 5.69 Å². The Morgan fingerprint density at radius 3 is 2.66 bits per heavy atom. The van der Waals surface area contributed by atoms with Gasteiger partial charge in [0.05, 0.1) is 10.2 Å². The van der Waals surface area contributed by atoms with Gasteiger partial charge >= 0.3 is 0 Å². The number of rotatable bonds is 7. The molecular formula is C19H18ClN5O3S. The molecule has 1 amide bonds. The number of benzene rings is 2. The maximum atomic E-state index is 12.5. The zero-order valence-corrected chi connectivity index (χ0v) is 17.3. The number of nitro benzene ring substituents is 1. The number of carbonyl (C=O) groups is 1. The van der Waals surface area contributed by atoms with E-state index >= 15 is 0 Å². The average Bonchev–Trinajstić information content (AvgIpc) is 3.11. The molecule has 1 aromatic heterocycles. The van der Waals surface area contributed by atoms with Crippen LogP contribution in [0.3, 0.4) is 0 Å². The van der Waals surface area contributed by atoms with E-state index < -0.39 is 10.2 Å². The van der Waals surface area contributed by atoms with Gasteiger partial charge in [0, 0.05) is 35.0 Å². The highest BCUT2D eigenvalue weighted by atomic mass is 35.5. The molecule has 0 saturated carbocycles. The number of thioether (sulfide) groups is 1. The Morgan fingerprint density at radius 2 is 2.00 bits per heavy atom. The summed E-state index contributed by atoms with van der Waals surface area (Å²) in [6.45, 7) is 4.35. The van der Waals surface area contributed by atoms with Crippen LogP contribution >= 0.6 is 23.4 Å². The lowest BCUT2D eigenvalue weighted by molar-refractivity contribution is -0.384. The molecule has 0 aliphatic rings. The van der Waals surface area contributed by atoms with E-state index in [1.165, 1.54) is 30.0 Å². The minimum Gasteiger partial charge on any atom is -0.325 e. The fourth-order valence-electron chi connectivity index (χ4n) is 2.63. The van der Waals surface area contributed by atoms with E-state index in [2.05, 4.69) is 15.5 Å². The number of nitro groups is 1. The summed E-state index contributed by atoms with van der Waals surface area (Å²) in [6.07, 6.45) is 0. The molecule has 0 saturated heterocycles. The number of amides is 1. The monoisotopic (exact) mass is 431 g/mol. The number of anilines is 1. The van der Waals surface area contributed by atoms with Gasteiger partial charge in [0.2, 0.25) is 5.91 Å². The smallest absolute Gasteiger partial charge is 0.271 e. The summed E-state index contributed by atoms with van der Waals surface area (Å²) in [6, 6.07) is 13.1. The maximum Gasteiger partial charge on any atom is 0.271 e. The van der Waals surface area contributed by atoms with Crippen molar-refractivity contribution >= 4 is 40.6 Å². The first-order valence-electron chi connectivity index (χ1n) is 8.80. The summed E-state index contributed by atoms with van der Waals surface area (Å²) in [4.78, 5) is 22.9. The predicted molar refractivity (Wildman–Crippen MR) is 113 cm³/mol. The van der Waals surface area contributed by atoms with Gasteiger partial charge in [-0.25, -0.2) is 0 Å². The van der Waals surface area contributed by atoms with E-state index in [0.717, 1.165) is 5.56 Å². The van der Waals surface area contributed by atoms with E-state index in [9.17, 15) is 14.9 Å². The third-order valence-electron chi connectivity index (χ3n) is 4.11. The van der Waals surface area contributed by atoms with Crippen molar-refractivity contribution in [3.63, 3.8) is 0 Å². The van der Waals surface area contributed by atoms with Gasteiger partial charge in [0.1, 0.15) is 0 Å². The van der Waals surface area contributed by atoms with Crippen molar-refractivity contribution in [2.24, 2.45) is 0 Å². The number of hydrogen-bond donors (Lipinski definition) is 1. The van der Waals surface area contributed by atoms with Crippen molar-refractivity contribution in [2.45, 2.75) is 30.8 Å². The molecular weight excluding hydrogens is 414 g/mol. The van der Waals surface area contributed by atoms with Crippen LogP contribution in [-0.4, -0.2) is 30.8 Å². The third kappa shape index (κ3) is 4.93. The molecule has 1 unspecified atom stereocenters. The lowest BCUT2D eigenvalue weighted by Gasteiger charge is -2.13.